The van der Waals surface area contributed by atoms with Gasteiger partial charge in [-0.15, -0.1) is 4.33 Å². The summed E-state index contributed by atoms with van der Waals surface area (Å²) >= 11 is 1.14. The minimum absolute atomic E-state index is 0.694. The Balaban J connectivity index is 2.04. The molecule has 0 unspecified atom stereocenters. The van der Waals surface area contributed by atoms with E-state index in [1.54, 1.807) is 0 Å². The van der Waals surface area contributed by atoms with Crippen LogP contribution in [0.3, 0.4) is 0 Å². The molecular formula is C3H7NO2S. The molecule has 1 N–H and O–H groups in total. The Morgan fingerprint density at radius 2 is 2.57 bits per heavy atom. The van der Waals surface area contributed by atoms with E-state index in [9.17, 15) is 0 Å². The van der Waals surface area contributed by atoms with Crippen molar-refractivity contribution >= 4 is 12.2 Å². The van der Waals surface area contributed by atoms with Gasteiger partial charge in [-0.3, -0.25) is 0 Å². The van der Waals surface area contributed by atoms with Gasteiger partial charge in [0.25, 0.3) is 0 Å². The van der Waals surface area contributed by atoms with Crippen LogP contribution in [0.2, 0.25) is 0 Å². The Morgan fingerprint density at radius 1 is 1.57 bits per heavy atom. The molecule has 1 saturated heterocycles. The number of hydrogen-bond donors (Lipinski definition) is 1. The molecule has 42 valence electrons. The fraction of sp³-hybridized carbons (Fsp3) is 1.00. The third-order valence-electron chi connectivity index (χ3n) is 0.648. The van der Waals surface area contributed by atoms with E-state index in [4.69, 9.17) is 0 Å². The first-order valence-electron chi connectivity index (χ1n) is 2.18. The van der Waals surface area contributed by atoms with Crippen molar-refractivity contribution in [3.05, 3.63) is 0 Å². The lowest BCUT2D eigenvalue weighted by atomic mass is 10.5. The van der Waals surface area contributed by atoms with Crippen molar-refractivity contribution in [3.8, 4) is 0 Å². The second-order valence-corrected chi connectivity index (χ2v) is 1.81. The summed E-state index contributed by atoms with van der Waals surface area (Å²) in [5.41, 5.74) is 0. The topological polar surface area (TPSA) is 30.5 Å². The molecule has 0 amide bonds. The zero-order valence-corrected chi connectivity index (χ0v) is 4.66. The summed E-state index contributed by atoms with van der Waals surface area (Å²) in [6.45, 7) is 1.66. The van der Waals surface area contributed by atoms with Gasteiger partial charge in [0.2, 0.25) is 0 Å². The fourth-order valence-corrected chi connectivity index (χ4v) is 0.719. The van der Waals surface area contributed by atoms with Gasteiger partial charge in [-0.2, -0.15) is 0 Å². The Labute approximate surface area is 46.6 Å². The Morgan fingerprint density at radius 3 is 3.57 bits per heavy atom. The van der Waals surface area contributed by atoms with Gasteiger partial charge in [0.05, 0.1) is 6.61 Å². The highest BCUT2D eigenvalue weighted by molar-refractivity contribution is 7.92. The molecule has 0 atom stereocenters. The molecule has 1 aliphatic heterocycles. The van der Waals surface area contributed by atoms with Crippen molar-refractivity contribution < 1.29 is 9.22 Å². The molecule has 0 aromatic heterocycles. The first-order chi connectivity index (χ1) is 3.50. The van der Waals surface area contributed by atoms with E-state index in [2.05, 4.69) is 13.9 Å². The Bertz CT molecular complexity index is 32.5. The third-order valence-corrected chi connectivity index (χ3v) is 1.13. The zero-order valence-electron chi connectivity index (χ0n) is 3.85. The van der Waals surface area contributed by atoms with Crippen molar-refractivity contribution in [2.45, 2.75) is 6.42 Å². The molecule has 0 spiro atoms. The average Bonchev–Trinajstić information content (AvgIpc) is 1.90. The lowest BCUT2D eigenvalue weighted by molar-refractivity contribution is -0.187. The minimum Gasteiger partial charge on any atom is -0.238 e. The lowest BCUT2D eigenvalue weighted by Crippen LogP contribution is -2.02. The van der Waals surface area contributed by atoms with Crippen LogP contribution in [0.1, 0.15) is 6.42 Å². The molecule has 0 aromatic rings. The van der Waals surface area contributed by atoms with Gasteiger partial charge in [0.15, 0.2) is 0 Å². The largest absolute Gasteiger partial charge is 0.238 e. The second kappa shape index (κ2) is 3.26. The predicted octanol–water partition coefficient (Wildman–Crippen LogP) is 0.491. The Kier molecular flexibility index (Phi) is 2.50. The number of rotatable bonds is 0. The van der Waals surface area contributed by atoms with Crippen LogP contribution in [0.5, 0.6) is 0 Å². The third kappa shape index (κ3) is 2.13. The van der Waals surface area contributed by atoms with Crippen LogP contribution < -0.4 is 4.72 Å². The summed E-state index contributed by atoms with van der Waals surface area (Å²) < 4.78 is 7.42. The molecule has 0 radical (unpaired) electrons. The maximum atomic E-state index is 4.59. The molecule has 0 bridgehead atoms. The quantitative estimate of drug-likeness (QED) is 0.287. The summed E-state index contributed by atoms with van der Waals surface area (Å²) in [6.07, 6.45) is 1.02. The SMILES string of the molecule is C1CNSOOC1. The normalized spacial score (nSPS) is 24.0. The van der Waals surface area contributed by atoms with Gasteiger partial charge in [-0.05, 0) is 6.42 Å². The molecule has 1 fully saturated rings. The molecule has 1 aliphatic rings. The van der Waals surface area contributed by atoms with E-state index in [0.717, 1.165) is 25.2 Å². The highest BCUT2D eigenvalue weighted by Gasteiger charge is 1.95. The van der Waals surface area contributed by atoms with E-state index in [1.165, 1.54) is 0 Å². The first-order valence-corrected chi connectivity index (χ1v) is 2.92. The van der Waals surface area contributed by atoms with Crippen molar-refractivity contribution in [1.82, 2.24) is 4.72 Å². The maximum Gasteiger partial charge on any atom is 0.118 e. The van der Waals surface area contributed by atoms with Crippen molar-refractivity contribution in [2.24, 2.45) is 0 Å². The van der Waals surface area contributed by atoms with Crippen LogP contribution in [0.25, 0.3) is 0 Å². The van der Waals surface area contributed by atoms with Gasteiger partial charge < -0.3 is 0 Å². The van der Waals surface area contributed by atoms with Crippen molar-refractivity contribution in [3.63, 3.8) is 0 Å². The van der Waals surface area contributed by atoms with E-state index in [0.29, 0.717) is 6.61 Å². The van der Waals surface area contributed by atoms with E-state index >= 15 is 0 Å². The van der Waals surface area contributed by atoms with Gasteiger partial charge in [-0.25, -0.2) is 9.61 Å². The lowest BCUT2D eigenvalue weighted by Gasteiger charge is -1.89. The molecular weight excluding hydrogens is 114 g/mol. The number of nitrogens with one attached hydrogen (secondary N) is 1. The van der Waals surface area contributed by atoms with Crippen LogP contribution in [0.15, 0.2) is 0 Å². The number of hydrogen-bond acceptors (Lipinski definition) is 4. The van der Waals surface area contributed by atoms with Crippen LogP contribution in [-0.2, 0) is 9.22 Å². The van der Waals surface area contributed by atoms with Crippen molar-refractivity contribution in [1.29, 1.82) is 0 Å². The monoisotopic (exact) mass is 121 g/mol. The molecule has 0 aromatic carbocycles. The standard InChI is InChI=1S/C3H7NO2S/c1-2-4-7-6-5-3-1/h4H,1-3H2. The molecule has 3 nitrogen and oxygen atoms in total. The van der Waals surface area contributed by atoms with Crippen LogP contribution in [0, 0.1) is 0 Å². The second-order valence-electron chi connectivity index (χ2n) is 1.22. The fourth-order valence-electron chi connectivity index (χ4n) is 0.327. The van der Waals surface area contributed by atoms with E-state index in [1.807, 2.05) is 0 Å². The molecule has 1 rings (SSSR count). The molecule has 1 heterocycles. The predicted molar refractivity (Wildman–Crippen MR) is 27.2 cm³/mol. The van der Waals surface area contributed by atoms with E-state index in [-0.39, 0.29) is 0 Å². The van der Waals surface area contributed by atoms with Crippen LogP contribution >= 0.6 is 12.2 Å². The highest BCUT2D eigenvalue weighted by Crippen LogP contribution is 2.01. The van der Waals surface area contributed by atoms with Gasteiger partial charge in [0, 0.05) is 6.54 Å². The minimum atomic E-state index is 0.694. The highest BCUT2D eigenvalue weighted by atomic mass is 32.2. The smallest absolute Gasteiger partial charge is 0.118 e. The summed E-state index contributed by atoms with van der Waals surface area (Å²) in [5.74, 6) is 0. The zero-order chi connectivity index (χ0) is 4.95. The summed E-state index contributed by atoms with van der Waals surface area (Å²) in [7, 11) is 0. The summed E-state index contributed by atoms with van der Waals surface area (Å²) in [4.78, 5) is 4.59. The maximum absolute atomic E-state index is 4.59. The average molecular weight is 121 g/mol. The van der Waals surface area contributed by atoms with Crippen LogP contribution in [0.4, 0.5) is 0 Å². The van der Waals surface area contributed by atoms with Gasteiger partial charge in [0.1, 0.15) is 12.2 Å². The van der Waals surface area contributed by atoms with Gasteiger partial charge >= 0.3 is 0 Å². The van der Waals surface area contributed by atoms with Crippen LogP contribution in [-0.4, -0.2) is 13.2 Å². The van der Waals surface area contributed by atoms with Crippen molar-refractivity contribution in [2.75, 3.05) is 13.2 Å². The first kappa shape index (κ1) is 5.37. The summed E-state index contributed by atoms with van der Waals surface area (Å²) in [5, 5.41) is 0. The molecule has 7 heavy (non-hydrogen) atoms. The Hall–Kier alpha value is 0.230. The summed E-state index contributed by atoms with van der Waals surface area (Å²) in [6, 6.07) is 0. The van der Waals surface area contributed by atoms with Gasteiger partial charge in [-0.1, -0.05) is 0 Å². The molecule has 4 heteroatoms. The van der Waals surface area contributed by atoms with E-state index < -0.39 is 0 Å². The molecule has 0 saturated carbocycles. The molecule has 0 aliphatic carbocycles.